The fourth-order valence-electron chi connectivity index (χ4n) is 3.90. The van der Waals surface area contributed by atoms with Crippen LogP contribution in [0.2, 0.25) is 0 Å². The van der Waals surface area contributed by atoms with E-state index in [4.69, 9.17) is 9.47 Å². The van der Waals surface area contributed by atoms with Gasteiger partial charge in [0.05, 0.1) is 25.4 Å². The number of rotatable bonds is 10. The van der Waals surface area contributed by atoms with Crippen LogP contribution in [0.25, 0.3) is 0 Å². The number of halogens is 2. The smallest absolute Gasteiger partial charge is 0.119 e. The summed E-state index contributed by atoms with van der Waals surface area (Å²) in [5.41, 5.74) is 0.0925. The monoisotopic (exact) mass is 546 g/mol. The number of hydrogen-bond donors (Lipinski definition) is 2. The Morgan fingerprint density at radius 2 is 1.00 bits per heavy atom. The van der Waals surface area contributed by atoms with Crippen LogP contribution in [0.1, 0.15) is 38.8 Å². The largest absolute Gasteiger partial charge is 0.497 e. The van der Waals surface area contributed by atoms with Crippen LogP contribution >= 0.6 is 24.8 Å². The molecule has 0 amide bonds. The molecule has 8 heteroatoms. The van der Waals surface area contributed by atoms with Gasteiger partial charge in [-0.05, 0) is 77.4 Å². The molecule has 0 saturated heterocycles. The Hall–Kier alpha value is -1.54. The number of benzene rings is 2. The van der Waals surface area contributed by atoms with Crippen LogP contribution in [0.5, 0.6) is 11.5 Å². The van der Waals surface area contributed by atoms with Gasteiger partial charge in [0.1, 0.15) is 11.5 Å². The fraction of sp³-hybridized carbons (Fsp3) is 0.571. The minimum atomic E-state index is -0.848. The summed E-state index contributed by atoms with van der Waals surface area (Å²) in [6.45, 7) is 9.50. The molecule has 208 valence electrons. The Morgan fingerprint density at radius 1 is 0.694 bits per heavy atom. The number of methoxy groups -OCH3 is 2. The zero-order valence-corrected chi connectivity index (χ0v) is 25.2. The maximum absolute atomic E-state index is 10.6. The fourth-order valence-corrected chi connectivity index (χ4v) is 3.90. The summed E-state index contributed by atoms with van der Waals surface area (Å²) in [6, 6.07) is 15.3. The zero-order valence-electron chi connectivity index (χ0n) is 23.6. The van der Waals surface area contributed by atoms with Crippen molar-refractivity contribution in [3.8, 4) is 11.5 Å². The molecule has 2 aromatic rings. The molecular weight excluding hydrogens is 499 g/mol. The van der Waals surface area contributed by atoms with Gasteiger partial charge in [-0.15, -0.1) is 24.8 Å². The molecule has 0 saturated carbocycles. The lowest BCUT2D eigenvalue weighted by Crippen LogP contribution is -2.36. The van der Waals surface area contributed by atoms with E-state index in [1.165, 1.54) is 0 Å². The van der Waals surface area contributed by atoms with Crippen LogP contribution in [-0.4, -0.2) is 75.5 Å². The molecule has 36 heavy (non-hydrogen) atoms. The second-order valence-corrected chi connectivity index (χ2v) is 10.1. The van der Waals surface area contributed by atoms with Crippen molar-refractivity contribution in [1.29, 1.82) is 0 Å². The Morgan fingerprint density at radius 3 is 1.25 bits per heavy atom. The minimum Gasteiger partial charge on any atom is -0.497 e. The highest BCUT2D eigenvalue weighted by Crippen LogP contribution is 2.32. The van der Waals surface area contributed by atoms with Crippen molar-refractivity contribution in [2.75, 3.05) is 55.5 Å². The molecule has 0 bridgehead atoms. The first-order valence-electron chi connectivity index (χ1n) is 11.8. The van der Waals surface area contributed by atoms with E-state index < -0.39 is 11.2 Å². The lowest BCUT2D eigenvalue weighted by atomic mass is 9.83. The molecule has 0 heterocycles. The SMILES string of the molecule is COc1cccc([C@@](C)(O)[C@@H](C)CN(C)C)c1.COc1cccc([C@](C)(O)[C@H](C)CN(C)C)c1.Cl.Cl. The molecule has 0 unspecified atom stereocenters. The van der Waals surface area contributed by atoms with E-state index in [1.807, 2.05) is 90.6 Å². The summed E-state index contributed by atoms with van der Waals surface area (Å²) in [5.74, 6) is 1.84. The molecular formula is C28H48Cl2N2O4. The summed E-state index contributed by atoms with van der Waals surface area (Å²) in [6.07, 6.45) is 0. The van der Waals surface area contributed by atoms with E-state index in [0.29, 0.717) is 0 Å². The summed E-state index contributed by atoms with van der Waals surface area (Å²) >= 11 is 0. The Bertz CT molecular complexity index is 805. The number of ether oxygens (including phenoxy) is 2. The van der Waals surface area contributed by atoms with E-state index in [0.717, 1.165) is 35.7 Å². The van der Waals surface area contributed by atoms with Crippen LogP contribution in [0.4, 0.5) is 0 Å². The van der Waals surface area contributed by atoms with E-state index >= 15 is 0 Å². The molecule has 2 N–H and O–H groups in total. The molecule has 2 aromatic carbocycles. The quantitative estimate of drug-likeness (QED) is 0.435. The second-order valence-electron chi connectivity index (χ2n) is 10.1. The van der Waals surface area contributed by atoms with E-state index in [2.05, 4.69) is 23.6 Å². The van der Waals surface area contributed by atoms with Gasteiger partial charge in [-0.3, -0.25) is 0 Å². The summed E-state index contributed by atoms with van der Waals surface area (Å²) in [7, 11) is 11.3. The molecule has 0 aliphatic rings. The predicted molar refractivity (Wildman–Crippen MR) is 155 cm³/mol. The van der Waals surface area contributed by atoms with E-state index in [1.54, 1.807) is 14.2 Å². The average Bonchev–Trinajstić information content (AvgIpc) is 2.78. The molecule has 0 aromatic heterocycles. The highest BCUT2D eigenvalue weighted by Gasteiger charge is 2.31. The van der Waals surface area contributed by atoms with E-state index in [9.17, 15) is 10.2 Å². The first-order chi connectivity index (χ1) is 15.7. The molecule has 2 rings (SSSR count). The van der Waals surface area contributed by atoms with Gasteiger partial charge in [-0.2, -0.15) is 0 Å². The van der Waals surface area contributed by atoms with Crippen LogP contribution in [0, 0.1) is 11.8 Å². The molecule has 6 nitrogen and oxygen atoms in total. The third kappa shape index (κ3) is 10.8. The average molecular weight is 548 g/mol. The third-order valence-corrected chi connectivity index (χ3v) is 6.51. The number of nitrogens with zero attached hydrogens (tertiary/aromatic N) is 2. The molecule has 0 fully saturated rings. The maximum atomic E-state index is 10.6. The third-order valence-electron chi connectivity index (χ3n) is 6.51. The topological polar surface area (TPSA) is 65.4 Å². The Labute approximate surface area is 231 Å². The predicted octanol–water partition coefficient (Wildman–Crippen LogP) is 5.04. The van der Waals surface area contributed by atoms with Gasteiger partial charge in [0, 0.05) is 24.9 Å². The van der Waals surface area contributed by atoms with Crippen LogP contribution < -0.4 is 9.47 Å². The minimum absolute atomic E-state index is 0. The lowest BCUT2D eigenvalue weighted by molar-refractivity contribution is -0.00816. The van der Waals surface area contributed by atoms with Crippen molar-refractivity contribution in [2.24, 2.45) is 11.8 Å². The standard InChI is InChI=1S/2C14H23NO2.2ClH/c2*1-11(10-15(3)4)14(2,16)12-7-6-8-13(9-12)17-5;;/h2*6-9,11,16H,10H2,1-5H3;2*1H/t2*11-,14-;;/m10../s1. The summed E-state index contributed by atoms with van der Waals surface area (Å²) in [4.78, 5) is 4.17. The van der Waals surface area contributed by atoms with Gasteiger partial charge < -0.3 is 29.5 Å². The molecule has 0 aliphatic carbocycles. The van der Waals surface area contributed by atoms with Gasteiger partial charge in [0.15, 0.2) is 0 Å². The highest BCUT2D eigenvalue weighted by molar-refractivity contribution is 5.85. The van der Waals surface area contributed by atoms with Crippen molar-refractivity contribution >= 4 is 24.8 Å². The van der Waals surface area contributed by atoms with Crippen molar-refractivity contribution in [3.05, 3.63) is 59.7 Å². The number of hydrogen-bond acceptors (Lipinski definition) is 6. The second kappa shape index (κ2) is 16.3. The molecule has 0 radical (unpaired) electrons. The lowest BCUT2D eigenvalue weighted by Gasteiger charge is -2.32. The highest BCUT2D eigenvalue weighted by atomic mass is 35.5. The van der Waals surface area contributed by atoms with Gasteiger partial charge in [-0.25, -0.2) is 0 Å². The molecule has 0 spiro atoms. The Balaban J connectivity index is 0. The van der Waals surface area contributed by atoms with Gasteiger partial charge in [-0.1, -0.05) is 38.1 Å². The summed E-state index contributed by atoms with van der Waals surface area (Å²) in [5, 5.41) is 21.3. The van der Waals surface area contributed by atoms with Crippen LogP contribution in [-0.2, 0) is 11.2 Å². The van der Waals surface area contributed by atoms with Crippen molar-refractivity contribution in [1.82, 2.24) is 9.80 Å². The van der Waals surface area contributed by atoms with Crippen molar-refractivity contribution in [3.63, 3.8) is 0 Å². The summed E-state index contributed by atoms with van der Waals surface area (Å²) < 4.78 is 10.4. The van der Waals surface area contributed by atoms with Gasteiger partial charge in [0.2, 0.25) is 0 Å². The van der Waals surface area contributed by atoms with Crippen molar-refractivity contribution in [2.45, 2.75) is 38.9 Å². The normalized spacial score (nSPS) is 15.7. The number of aliphatic hydroxyl groups is 2. The first-order valence-corrected chi connectivity index (χ1v) is 11.8. The maximum Gasteiger partial charge on any atom is 0.119 e. The Kier molecular flexibility index (Phi) is 16.6. The van der Waals surface area contributed by atoms with Gasteiger partial charge >= 0.3 is 0 Å². The molecule has 4 atom stereocenters. The first kappa shape index (κ1) is 36.6. The molecule has 0 aliphatic heterocycles. The van der Waals surface area contributed by atoms with Crippen LogP contribution in [0.3, 0.4) is 0 Å². The van der Waals surface area contributed by atoms with E-state index in [-0.39, 0.29) is 36.6 Å². The van der Waals surface area contributed by atoms with Gasteiger partial charge in [0.25, 0.3) is 0 Å². The van der Waals surface area contributed by atoms with Crippen LogP contribution in [0.15, 0.2) is 48.5 Å². The zero-order chi connectivity index (χ0) is 26.1. The van der Waals surface area contributed by atoms with Crippen molar-refractivity contribution < 1.29 is 19.7 Å².